The van der Waals surface area contributed by atoms with Crippen molar-refractivity contribution in [1.29, 1.82) is 5.26 Å². The number of nitrogens with zero attached hydrogens (tertiary/aromatic N) is 5. The first-order valence-electron chi connectivity index (χ1n) is 11.5. The number of aromatic nitrogens is 2. The number of carbonyl (C=O) groups is 3. The van der Waals surface area contributed by atoms with Gasteiger partial charge in [-0.15, -0.1) is 23.1 Å². The van der Waals surface area contributed by atoms with Crippen molar-refractivity contribution in [3.63, 3.8) is 0 Å². The van der Waals surface area contributed by atoms with Gasteiger partial charge in [-0.05, 0) is 6.07 Å². The van der Waals surface area contributed by atoms with Crippen molar-refractivity contribution in [3.8, 4) is 6.07 Å². The van der Waals surface area contributed by atoms with Gasteiger partial charge >= 0.3 is 5.97 Å². The van der Waals surface area contributed by atoms with E-state index in [1.807, 2.05) is 34.3 Å². The van der Waals surface area contributed by atoms with E-state index in [1.165, 1.54) is 33.4 Å². The number of nitrogen functional groups attached to an aromatic ring is 1. The molecule has 206 valence electrons. The Labute approximate surface area is 237 Å². The third-order valence-electron chi connectivity index (χ3n) is 6.04. The Balaban J connectivity index is 1.37. The number of rotatable bonds is 10. The number of oxime groups is 1. The van der Waals surface area contributed by atoms with Crippen LogP contribution in [-0.4, -0.2) is 69.1 Å². The number of thioether (sulfide) groups is 1. The van der Waals surface area contributed by atoms with E-state index in [-0.39, 0.29) is 35.3 Å². The second-order valence-corrected chi connectivity index (χ2v) is 11.2. The number of thiazole rings is 1. The molecule has 0 aliphatic carbocycles. The lowest BCUT2D eigenvalue weighted by molar-refractivity contribution is -0.661. The minimum absolute atomic E-state index is 0.0486. The van der Waals surface area contributed by atoms with Crippen molar-refractivity contribution in [1.82, 2.24) is 15.2 Å². The number of thiophene rings is 1. The maximum absolute atomic E-state index is 13.1. The van der Waals surface area contributed by atoms with E-state index in [0.29, 0.717) is 11.3 Å². The Morgan fingerprint density at radius 1 is 1.40 bits per heavy atom. The van der Waals surface area contributed by atoms with Gasteiger partial charge in [-0.3, -0.25) is 14.5 Å². The summed E-state index contributed by atoms with van der Waals surface area (Å²) < 4.78 is 14.5. The second-order valence-electron chi connectivity index (χ2n) is 8.38. The van der Waals surface area contributed by atoms with Gasteiger partial charge in [-0.1, -0.05) is 16.5 Å². The van der Waals surface area contributed by atoms with Crippen molar-refractivity contribution in [2.24, 2.45) is 5.16 Å². The fourth-order valence-electron chi connectivity index (χ4n) is 4.36. The van der Waals surface area contributed by atoms with Crippen LogP contribution in [0.4, 0.5) is 15.2 Å². The highest BCUT2D eigenvalue weighted by atomic mass is 32.2. The second kappa shape index (κ2) is 11.5. The van der Waals surface area contributed by atoms with Gasteiger partial charge in [-0.25, -0.2) is 14.2 Å². The number of carboxylic acids is 1. The highest BCUT2D eigenvalue weighted by molar-refractivity contribution is 8.00. The maximum atomic E-state index is 13.1. The standard InChI is InChI=1S/C23H19FN8O5S3/c24-10-37-30-15(14-9-40-23(26)28-14)18(33)29-16-19(34)32-17(22(35)36)11(7-38-21(16)32)6-31-5-1-2-12-13(27-4-3-25)8-39-20(12)31/h1-2,5,8-9,16,21,27H,4,6-7,10H2,(H3-,26,28,29,33,35,36)/p+1/b30-15-/t16?,21-/m1/s1. The third-order valence-corrected chi connectivity index (χ3v) is 9.08. The van der Waals surface area contributed by atoms with Gasteiger partial charge < -0.3 is 26.3 Å². The lowest BCUT2D eigenvalue weighted by Crippen LogP contribution is -2.71. The van der Waals surface area contributed by atoms with Gasteiger partial charge in [0.25, 0.3) is 23.5 Å². The van der Waals surface area contributed by atoms with Crippen molar-refractivity contribution in [2.75, 3.05) is 30.2 Å². The van der Waals surface area contributed by atoms with Crippen LogP contribution in [-0.2, 0) is 25.8 Å². The molecule has 1 saturated heterocycles. The number of aliphatic carboxylic acids is 1. The quantitative estimate of drug-likeness (QED) is 0.0864. The lowest BCUT2D eigenvalue weighted by atomic mass is 10.0. The molecule has 2 aliphatic rings. The Kier molecular flexibility index (Phi) is 7.82. The zero-order chi connectivity index (χ0) is 28.4. The summed E-state index contributed by atoms with van der Waals surface area (Å²) in [5, 5.41) is 31.7. The number of carboxylic acid groups (broad SMARTS) is 1. The van der Waals surface area contributed by atoms with Crippen molar-refractivity contribution in [2.45, 2.75) is 18.0 Å². The zero-order valence-electron chi connectivity index (χ0n) is 20.4. The van der Waals surface area contributed by atoms with E-state index in [2.05, 4.69) is 25.6 Å². The number of nitrogens with one attached hydrogen (secondary N) is 2. The van der Waals surface area contributed by atoms with Gasteiger partial charge in [0.15, 0.2) is 23.6 Å². The lowest BCUT2D eigenvalue weighted by Gasteiger charge is -2.49. The Morgan fingerprint density at radius 3 is 2.92 bits per heavy atom. The van der Waals surface area contributed by atoms with Crippen LogP contribution in [0, 0.1) is 11.3 Å². The van der Waals surface area contributed by atoms with Crippen molar-refractivity contribution >= 4 is 79.0 Å². The molecule has 0 saturated carbocycles. The van der Waals surface area contributed by atoms with E-state index >= 15 is 0 Å². The number of pyridine rings is 1. The fourth-order valence-corrected chi connectivity index (χ4v) is 7.25. The zero-order valence-corrected chi connectivity index (χ0v) is 22.8. The highest BCUT2D eigenvalue weighted by Gasteiger charge is 2.55. The minimum Gasteiger partial charge on any atom is -0.477 e. The highest BCUT2D eigenvalue weighted by Crippen LogP contribution is 2.40. The number of halogens is 1. The molecule has 0 radical (unpaired) electrons. The van der Waals surface area contributed by atoms with Gasteiger partial charge in [0.2, 0.25) is 0 Å². The number of amides is 2. The Morgan fingerprint density at radius 2 is 2.23 bits per heavy atom. The van der Waals surface area contributed by atoms with Crippen LogP contribution >= 0.6 is 34.4 Å². The van der Waals surface area contributed by atoms with E-state index in [0.717, 1.165) is 27.2 Å². The number of nitrogens with two attached hydrogens (primary N) is 1. The molecular formula is C23H20FN8O5S3+. The number of nitriles is 1. The molecular weight excluding hydrogens is 584 g/mol. The molecule has 17 heteroatoms. The average molecular weight is 604 g/mol. The summed E-state index contributed by atoms with van der Waals surface area (Å²) >= 11 is 3.80. The van der Waals surface area contributed by atoms with Gasteiger partial charge in [0, 0.05) is 28.2 Å². The predicted octanol–water partition coefficient (Wildman–Crippen LogP) is 1.25. The van der Waals surface area contributed by atoms with Crippen molar-refractivity contribution < 1.29 is 33.3 Å². The van der Waals surface area contributed by atoms with Crippen LogP contribution in [0.3, 0.4) is 0 Å². The topological polar surface area (TPSA) is 187 Å². The molecule has 13 nitrogen and oxygen atoms in total. The smallest absolute Gasteiger partial charge is 0.352 e. The molecule has 0 aromatic carbocycles. The number of carbonyl (C=O) groups excluding carboxylic acids is 2. The number of anilines is 2. The molecule has 5 rings (SSSR count). The largest absolute Gasteiger partial charge is 0.477 e. The molecule has 0 spiro atoms. The summed E-state index contributed by atoms with van der Waals surface area (Å²) in [5.41, 5.74) is 6.50. The number of β-lactam (4-membered cyclic amide) rings is 1. The minimum atomic E-state index is -1.28. The van der Waals surface area contributed by atoms with E-state index in [4.69, 9.17) is 11.0 Å². The molecule has 40 heavy (non-hydrogen) atoms. The summed E-state index contributed by atoms with van der Waals surface area (Å²) in [5.74, 6) is -2.41. The monoisotopic (exact) mass is 603 g/mol. The van der Waals surface area contributed by atoms with Crippen LogP contribution in [0.2, 0.25) is 0 Å². The predicted molar refractivity (Wildman–Crippen MR) is 146 cm³/mol. The summed E-state index contributed by atoms with van der Waals surface area (Å²) in [6.07, 6.45) is 1.82. The van der Waals surface area contributed by atoms with Gasteiger partial charge in [-0.2, -0.15) is 9.83 Å². The van der Waals surface area contributed by atoms with Crippen LogP contribution in [0.1, 0.15) is 5.69 Å². The van der Waals surface area contributed by atoms with Gasteiger partial charge in [0.1, 0.15) is 29.4 Å². The molecule has 2 aliphatic heterocycles. The maximum Gasteiger partial charge on any atom is 0.352 e. The Hall–Kier alpha value is -4.27. The normalized spacial score (nSPS) is 18.6. The molecule has 5 N–H and O–H groups in total. The van der Waals surface area contributed by atoms with Crippen LogP contribution in [0.25, 0.3) is 10.2 Å². The number of alkyl halides is 1. The molecule has 3 aromatic rings. The molecule has 1 unspecified atom stereocenters. The Bertz CT molecular complexity index is 1610. The van der Waals surface area contributed by atoms with Crippen LogP contribution in [0.15, 0.2) is 45.5 Å². The van der Waals surface area contributed by atoms with Crippen LogP contribution < -0.4 is 20.9 Å². The number of fused-ring (bicyclic) bond motifs is 2. The molecule has 1 fully saturated rings. The van der Waals surface area contributed by atoms with Crippen molar-refractivity contribution in [3.05, 3.63) is 46.1 Å². The number of hydrogen-bond donors (Lipinski definition) is 4. The third kappa shape index (κ3) is 5.03. The first-order valence-corrected chi connectivity index (χ1v) is 14.3. The molecule has 2 amide bonds. The SMILES string of the molecule is N#CCNc1csc2c1ccc[n+]2CC1=C(C(=O)O)N2C(=O)C(NC(=O)/C(=N\OCF)c3csc(N)n3)[C@H]2SC1. The summed E-state index contributed by atoms with van der Waals surface area (Å²) in [4.78, 5) is 48.8. The first-order chi connectivity index (χ1) is 19.3. The molecule has 3 aromatic heterocycles. The molecule has 0 bridgehead atoms. The first kappa shape index (κ1) is 27.3. The van der Waals surface area contributed by atoms with E-state index in [9.17, 15) is 23.9 Å². The average Bonchev–Trinajstić information content (AvgIpc) is 3.56. The van der Waals surface area contributed by atoms with E-state index < -0.39 is 36.1 Å². The summed E-state index contributed by atoms with van der Waals surface area (Å²) in [7, 11) is 0. The molecule has 2 atom stereocenters. The summed E-state index contributed by atoms with van der Waals surface area (Å²) in [6, 6.07) is 4.73. The number of hydrogen-bond acceptors (Lipinski definition) is 12. The fraction of sp³-hybridized carbons (Fsp3) is 0.261. The molecule has 5 heterocycles. The summed E-state index contributed by atoms with van der Waals surface area (Å²) in [6.45, 7) is -0.911. The van der Waals surface area contributed by atoms with Crippen LogP contribution in [0.5, 0.6) is 0 Å². The van der Waals surface area contributed by atoms with E-state index in [1.54, 1.807) is 0 Å². The van der Waals surface area contributed by atoms with Gasteiger partial charge in [0.05, 0.1) is 17.1 Å².